The molecule has 0 fully saturated rings. The molecule has 0 aliphatic rings. The van der Waals surface area contributed by atoms with Crippen molar-refractivity contribution in [1.82, 2.24) is 19.6 Å². The number of hydrogen-bond acceptors (Lipinski definition) is 5. The molecule has 0 atom stereocenters. The van der Waals surface area contributed by atoms with E-state index in [1.54, 1.807) is 22.6 Å². The summed E-state index contributed by atoms with van der Waals surface area (Å²) in [6.45, 7) is 2.40. The summed E-state index contributed by atoms with van der Waals surface area (Å²) < 4.78 is 3.27. The average molecular weight is 278 g/mol. The van der Waals surface area contributed by atoms with E-state index in [0.29, 0.717) is 24.5 Å². The highest BCUT2D eigenvalue weighted by molar-refractivity contribution is 5.61. The van der Waals surface area contributed by atoms with Gasteiger partial charge < -0.3 is 4.90 Å². The van der Waals surface area contributed by atoms with Gasteiger partial charge in [-0.05, 0) is 6.42 Å². The van der Waals surface area contributed by atoms with Crippen molar-refractivity contribution in [3.8, 4) is 0 Å². The summed E-state index contributed by atoms with van der Waals surface area (Å²) >= 11 is 0. The summed E-state index contributed by atoms with van der Waals surface area (Å²) in [6, 6.07) is 0. The van der Waals surface area contributed by atoms with Gasteiger partial charge in [0.25, 0.3) is 0 Å². The van der Waals surface area contributed by atoms with Gasteiger partial charge in [0, 0.05) is 39.4 Å². The Morgan fingerprint density at radius 1 is 1.45 bits per heavy atom. The Kier molecular flexibility index (Phi) is 3.73. The molecule has 0 radical (unpaired) electrons. The maximum absolute atomic E-state index is 11.3. The van der Waals surface area contributed by atoms with Crippen molar-refractivity contribution in [2.24, 2.45) is 14.1 Å². The fraction of sp³-hybridized carbons (Fsp3) is 0.500. The van der Waals surface area contributed by atoms with Crippen LogP contribution in [0.15, 0.2) is 12.4 Å². The number of nitrogens with zero attached hydrogens (tertiary/aromatic N) is 6. The zero-order valence-corrected chi connectivity index (χ0v) is 12.1. The molecule has 8 nitrogen and oxygen atoms in total. The lowest BCUT2D eigenvalue weighted by Crippen LogP contribution is -2.20. The van der Waals surface area contributed by atoms with E-state index in [2.05, 4.69) is 10.2 Å². The predicted octanol–water partition coefficient (Wildman–Crippen LogP) is 1.26. The van der Waals surface area contributed by atoms with Gasteiger partial charge in [0.2, 0.25) is 5.82 Å². The topological polar surface area (TPSA) is 82.0 Å². The van der Waals surface area contributed by atoms with Gasteiger partial charge in [0.15, 0.2) is 0 Å². The van der Waals surface area contributed by atoms with Gasteiger partial charge in [0.05, 0.1) is 11.1 Å². The lowest BCUT2D eigenvalue weighted by molar-refractivity contribution is -0.384. The van der Waals surface area contributed by atoms with Crippen molar-refractivity contribution in [3.05, 3.63) is 33.8 Å². The number of anilines is 1. The van der Waals surface area contributed by atoms with E-state index in [4.69, 9.17) is 0 Å². The molecule has 8 heteroatoms. The molecule has 0 unspecified atom stereocenters. The Labute approximate surface area is 116 Å². The lowest BCUT2D eigenvalue weighted by Gasteiger charge is -2.17. The minimum Gasteiger partial charge on any atom is -0.350 e. The number of rotatable bonds is 5. The molecular weight excluding hydrogens is 260 g/mol. The Morgan fingerprint density at radius 3 is 2.65 bits per heavy atom. The summed E-state index contributed by atoms with van der Waals surface area (Å²) in [7, 11) is 5.38. The fourth-order valence-corrected chi connectivity index (χ4v) is 2.31. The molecule has 0 saturated heterocycles. The Bertz CT molecular complexity index is 630. The second-order valence-electron chi connectivity index (χ2n) is 4.73. The molecule has 2 heterocycles. The summed E-state index contributed by atoms with van der Waals surface area (Å²) in [6.07, 6.45) is 4.17. The largest absolute Gasteiger partial charge is 0.350 e. The summed E-state index contributed by atoms with van der Waals surface area (Å²) in [5, 5.41) is 19.6. The van der Waals surface area contributed by atoms with E-state index in [-0.39, 0.29) is 10.6 Å². The van der Waals surface area contributed by atoms with Crippen molar-refractivity contribution in [2.75, 3.05) is 11.9 Å². The highest BCUT2D eigenvalue weighted by Crippen LogP contribution is 2.31. The van der Waals surface area contributed by atoms with E-state index >= 15 is 0 Å². The van der Waals surface area contributed by atoms with Crippen LogP contribution in [0.4, 0.5) is 11.5 Å². The standard InChI is InChI=1S/C12H18N6O2/c1-5-10-11(18(19)20)12(17(4)14-10)15(2)7-9-6-13-16(3)8-9/h6,8H,5,7H2,1-4H3. The zero-order chi connectivity index (χ0) is 14.9. The van der Waals surface area contributed by atoms with E-state index in [0.717, 1.165) is 5.56 Å². The van der Waals surface area contributed by atoms with Crippen LogP contribution in [0.3, 0.4) is 0 Å². The number of aryl methyl sites for hydroxylation is 3. The van der Waals surface area contributed by atoms with Gasteiger partial charge in [0.1, 0.15) is 5.69 Å². The third-order valence-electron chi connectivity index (χ3n) is 3.12. The molecule has 0 aliphatic carbocycles. The lowest BCUT2D eigenvalue weighted by atomic mass is 10.2. The molecular formula is C12H18N6O2. The molecule has 20 heavy (non-hydrogen) atoms. The van der Waals surface area contributed by atoms with Crippen molar-refractivity contribution in [3.63, 3.8) is 0 Å². The van der Waals surface area contributed by atoms with Crippen LogP contribution in [-0.2, 0) is 27.1 Å². The minimum absolute atomic E-state index is 0.0846. The maximum Gasteiger partial charge on any atom is 0.334 e. The van der Waals surface area contributed by atoms with E-state index < -0.39 is 0 Å². The highest BCUT2D eigenvalue weighted by atomic mass is 16.6. The van der Waals surface area contributed by atoms with Gasteiger partial charge in [-0.15, -0.1) is 0 Å². The minimum atomic E-state index is -0.360. The van der Waals surface area contributed by atoms with Crippen LogP contribution in [0, 0.1) is 10.1 Å². The van der Waals surface area contributed by atoms with Gasteiger partial charge in [-0.25, -0.2) is 4.68 Å². The monoisotopic (exact) mass is 278 g/mol. The highest BCUT2D eigenvalue weighted by Gasteiger charge is 2.28. The molecule has 0 amide bonds. The quantitative estimate of drug-likeness (QED) is 0.607. The first-order chi connectivity index (χ1) is 9.43. The molecule has 0 bridgehead atoms. The Morgan fingerprint density at radius 2 is 2.15 bits per heavy atom. The molecule has 0 N–H and O–H groups in total. The first kappa shape index (κ1) is 14.0. The summed E-state index contributed by atoms with van der Waals surface area (Å²) in [4.78, 5) is 12.7. The van der Waals surface area contributed by atoms with Crippen LogP contribution in [-0.4, -0.2) is 31.5 Å². The first-order valence-corrected chi connectivity index (χ1v) is 6.33. The molecule has 2 aromatic rings. The normalized spacial score (nSPS) is 10.8. The number of hydrogen-bond donors (Lipinski definition) is 0. The van der Waals surface area contributed by atoms with E-state index in [9.17, 15) is 10.1 Å². The van der Waals surface area contributed by atoms with Crippen LogP contribution < -0.4 is 4.90 Å². The van der Waals surface area contributed by atoms with Crippen LogP contribution >= 0.6 is 0 Å². The molecule has 2 aromatic heterocycles. The van der Waals surface area contributed by atoms with Crippen LogP contribution in [0.5, 0.6) is 0 Å². The summed E-state index contributed by atoms with van der Waals surface area (Å²) in [5.74, 6) is 0.510. The molecule has 0 spiro atoms. The van der Waals surface area contributed by atoms with Crippen LogP contribution in [0.2, 0.25) is 0 Å². The van der Waals surface area contributed by atoms with Crippen LogP contribution in [0.1, 0.15) is 18.2 Å². The van der Waals surface area contributed by atoms with Gasteiger partial charge in [-0.3, -0.25) is 14.8 Å². The smallest absolute Gasteiger partial charge is 0.334 e. The van der Waals surface area contributed by atoms with Crippen LogP contribution in [0.25, 0.3) is 0 Å². The molecule has 0 aromatic carbocycles. The summed E-state index contributed by atoms with van der Waals surface area (Å²) in [5.41, 5.74) is 1.58. The third kappa shape index (κ3) is 2.49. The van der Waals surface area contributed by atoms with Gasteiger partial charge in [-0.1, -0.05) is 6.92 Å². The SMILES string of the molecule is CCc1nn(C)c(N(C)Cc2cnn(C)c2)c1[N+](=O)[O-]. The van der Waals surface area contributed by atoms with Crippen molar-refractivity contribution < 1.29 is 4.92 Å². The van der Waals surface area contributed by atoms with E-state index in [1.165, 1.54) is 0 Å². The van der Waals surface area contributed by atoms with Gasteiger partial charge >= 0.3 is 5.69 Å². The molecule has 108 valence electrons. The number of aromatic nitrogens is 4. The molecule has 0 saturated carbocycles. The van der Waals surface area contributed by atoms with Crippen molar-refractivity contribution >= 4 is 11.5 Å². The zero-order valence-electron chi connectivity index (χ0n) is 12.1. The second-order valence-corrected chi connectivity index (χ2v) is 4.73. The molecule has 0 aliphatic heterocycles. The fourth-order valence-electron chi connectivity index (χ4n) is 2.31. The Balaban J connectivity index is 2.36. The third-order valence-corrected chi connectivity index (χ3v) is 3.12. The maximum atomic E-state index is 11.3. The van der Waals surface area contributed by atoms with Crippen molar-refractivity contribution in [2.45, 2.75) is 19.9 Å². The Hall–Kier alpha value is -2.38. The predicted molar refractivity (Wildman–Crippen MR) is 74.6 cm³/mol. The number of nitro groups is 1. The first-order valence-electron chi connectivity index (χ1n) is 6.33. The second kappa shape index (κ2) is 5.32. The average Bonchev–Trinajstić information content (AvgIpc) is 2.92. The van der Waals surface area contributed by atoms with E-state index in [1.807, 2.05) is 32.1 Å². The van der Waals surface area contributed by atoms with Crippen molar-refractivity contribution in [1.29, 1.82) is 0 Å². The molecule has 2 rings (SSSR count). The van der Waals surface area contributed by atoms with Gasteiger partial charge in [-0.2, -0.15) is 10.2 Å².